The SMILES string of the molecule is C=COC(CCC)c1ncnc(=O)[nH]1. The highest BCUT2D eigenvalue weighted by molar-refractivity contribution is 4.89. The van der Waals surface area contributed by atoms with E-state index in [4.69, 9.17) is 4.74 Å². The van der Waals surface area contributed by atoms with E-state index in [1.54, 1.807) is 0 Å². The Morgan fingerprint density at radius 1 is 1.71 bits per heavy atom. The summed E-state index contributed by atoms with van der Waals surface area (Å²) in [4.78, 5) is 20.8. The Morgan fingerprint density at radius 3 is 3.07 bits per heavy atom. The zero-order valence-corrected chi connectivity index (χ0v) is 8.06. The molecular formula is C9H13N3O2. The first-order chi connectivity index (χ1) is 6.77. The van der Waals surface area contributed by atoms with Crippen LogP contribution in [0.3, 0.4) is 0 Å². The quantitative estimate of drug-likeness (QED) is 0.716. The lowest BCUT2D eigenvalue weighted by Gasteiger charge is -2.13. The lowest BCUT2D eigenvalue weighted by Crippen LogP contribution is -2.17. The van der Waals surface area contributed by atoms with Crippen LogP contribution in [0.15, 0.2) is 24.0 Å². The number of nitrogens with zero attached hydrogens (tertiary/aromatic N) is 2. The van der Waals surface area contributed by atoms with Gasteiger partial charge in [0.1, 0.15) is 6.33 Å². The molecule has 0 saturated carbocycles. The molecule has 1 unspecified atom stereocenters. The molecule has 1 aromatic rings. The van der Waals surface area contributed by atoms with Crippen molar-refractivity contribution in [1.82, 2.24) is 15.0 Å². The van der Waals surface area contributed by atoms with Crippen LogP contribution < -0.4 is 5.69 Å². The van der Waals surface area contributed by atoms with Crippen LogP contribution in [0.25, 0.3) is 0 Å². The number of ether oxygens (including phenoxy) is 1. The fraction of sp³-hybridized carbons (Fsp3) is 0.444. The molecule has 1 rings (SSSR count). The van der Waals surface area contributed by atoms with Crippen molar-refractivity contribution >= 4 is 0 Å². The van der Waals surface area contributed by atoms with Crippen molar-refractivity contribution in [2.24, 2.45) is 0 Å². The van der Waals surface area contributed by atoms with E-state index in [9.17, 15) is 4.79 Å². The minimum absolute atomic E-state index is 0.242. The molecule has 1 atom stereocenters. The third-order valence-corrected chi connectivity index (χ3v) is 1.72. The maximum Gasteiger partial charge on any atom is 0.347 e. The van der Waals surface area contributed by atoms with Crippen molar-refractivity contribution in [3.05, 3.63) is 35.5 Å². The van der Waals surface area contributed by atoms with E-state index in [1.165, 1.54) is 12.6 Å². The molecule has 5 nitrogen and oxygen atoms in total. The Labute approximate surface area is 81.9 Å². The number of hydrogen-bond acceptors (Lipinski definition) is 4. The van der Waals surface area contributed by atoms with E-state index < -0.39 is 5.69 Å². The molecule has 1 N–H and O–H groups in total. The van der Waals surface area contributed by atoms with Gasteiger partial charge in [-0.3, -0.25) is 4.98 Å². The highest BCUT2D eigenvalue weighted by atomic mass is 16.5. The fourth-order valence-electron chi connectivity index (χ4n) is 1.13. The summed E-state index contributed by atoms with van der Waals surface area (Å²) in [6.07, 6.45) is 4.04. The van der Waals surface area contributed by atoms with E-state index in [0.29, 0.717) is 5.82 Å². The van der Waals surface area contributed by atoms with Gasteiger partial charge in [0.25, 0.3) is 0 Å². The third-order valence-electron chi connectivity index (χ3n) is 1.72. The molecule has 0 aliphatic heterocycles. The van der Waals surface area contributed by atoms with Gasteiger partial charge in [-0.2, -0.15) is 4.98 Å². The van der Waals surface area contributed by atoms with Crippen LogP contribution in [0, 0.1) is 0 Å². The molecule has 0 aliphatic rings. The predicted octanol–water partition coefficient (Wildman–Crippen LogP) is 1.17. The molecule has 1 heterocycles. The topological polar surface area (TPSA) is 67.9 Å². The summed E-state index contributed by atoms with van der Waals surface area (Å²) in [5, 5.41) is 0. The van der Waals surface area contributed by atoms with Crippen LogP contribution in [-0.4, -0.2) is 15.0 Å². The maximum absolute atomic E-state index is 10.9. The molecule has 0 aliphatic carbocycles. The van der Waals surface area contributed by atoms with Gasteiger partial charge < -0.3 is 4.74 Å². The molecule has 0 fully saturated rings. The van der Waals surface area contributed by atoms with Crippen LogP contribution in [0.5, 0.6) is 0 Å². The van der Waals surface area contributed by atoms with Gasteiger partial charge in [0.05, 0.1) is 6.26 Å². The van der Waals surface area contributed by atoms with E-state index in [2.05, 4.69) is 21.5 Å². The molecule has 0 spiro atoms. The van der Waals surface area contributed by atoms with Gasteiger partial charge in [0.2, 0.25) is 0 Å². The van der Waals surface area contributed by atoms with E-state index in [1.807, 2.05) is 6.92 Å². The smallest absolute Gasteiger partial charge is 0.347 e. The van der Waals surface area contributed by atoms with E-state index in [-0.39, 0.29) is 6.10 Å². The number of nitrogens with one attached hydrogen (secondary N) is 1. The first-order valence-electron chi connectivity index (χ1n) is 4.45. The molecule has 0 bridgehead atoms. The molecule has 0 amide bonds. The number of hydrogen-bond donors (Lipinski definition) is 1. The highest BCUT2D eigenvalue weighted by Crippen LogP contribution is 2.17. The molecule has 1 aromatic heterocycles. The van der Waals surface area contributed by atoms with Crippen molar-refractivity contribution in [3.63, 3.8) is 0 Å². The van der Waals surface area contributed by atoms with Crippen molar-refractivity contribution in [3.8, 4) is 0 Å². The first kappa shape index (κ1) is 10.4. The highest BCUT2D eigenvalue weighted by Gasteiger charge is 2.12. The fourth-order valence-corrected chi connectivity index (χ4v) is 1.13. The summed E-state index contributed by atoms with van der Waals surface area (Å²) < 4.78 is 5.23. The second-order valence-electron chi connectivity index (χ2n) is 2.77. The van der Waals surface area contributed by atoms with Gasteiger partial charge in [-0.1, -0.05) is 19.9 Å². The Hall–Kier alpha value is -1.65. The molecule has 5 heteroatoms. The number of aromatic amines is 1. The van der Waals surface area contributed by atoms with Crippen molar-refractivity contribution < 1.29 is 4.74 Å². The second-order valence-corrected chi connectivity index (χ2v) is 2.77. The number of aromatic nitrogens is 3. The van der Waals surface area contributed by atoms with Crippen LogP contribution >= 0.6 is 0 Å². The molecule has 14 heavy (non-hydrogen) atoms. The van der Waals surface area contributed by atoms with Crippen molar-refractivity contribution in [2.75, 3.05) is 0 Å². The van der Waals surface area contributed by atoms with Gasteiger partial charge in [0, 0.05) is 0 Å². The van der Waals surface area contributed by atoms with Crippen LogP contribution in [0.2, 0.25) is 0 Å². The lowest BCUT2D eigenvalue weighted by molar-refractivity contribution is 0.128. The minimum Gasteiger partial charge on any atom is -0.491 e. The predicted molar refractivity (Wildman–Crippen MR) is 51.6 cm³/mol. The normalized spacial score (nSPS) is 12.1. The summed E-state index contributed by atoms with van der Waals surface area (Å²) in [7, 11) is 0. The Morgan fingerprint density at radius 2 is 2.50 bits per heavy atom. The standard InChI is InChI=1S/C9H13N3O2/c1-3-5-7(14-4-2)8-10-6-11-9(13)12-8/h4,6-7H,2-3,5H2,1H3,(H,10,11,12,13). The summed E-state index contributed by atoms with van der Waals surface area (Å²) in [5.41, 5.74) is -0.413. The van der Waals surface area contributed by atoms with Crippen LogP contribution in [0.1, 0.15) is 31.7 Å². The van der Waals surface area contributed by atoms with Crippen LogP contribution in [0.4, 0.5) is 0 Å². The molecular weight excluding hydrogens is 182 g/mol. The van der Waals surface area contributed by atoms with Crippen molar-refractivity contribution in [2.45, 2.75) is 25.9 Å². The average molecular weight is 195 g/mol. The van der Waals surface area contributed by atoms with E-state index in [0.717, 1.165) is 12.8 Å². The third kappa shape index (κ3) is 2.69. The summed E-state index contributed by atoms with van der Waals surface area (Å²) >= 11 is 0. The van der Waals surface area contributed by atoms with Gasteiger partial charge >= 0.3 is 5.69 Å². The van der Waals surface area contributed by atoms with Gasteiger partial charge in [-0.25, -0.2) is 9.78 Å². The van der Waals surface area contributed by atoms with Gasteiger partial charge in [-0.05, 0) is 6.42 Å². The second kappa shape index (κ2) is 5.16. The van der Waals surface area contributed by atoms with Gasteiger partial charge in [0.15, 0.2) is 11.9 Å². The van der Waals surface area contributed by atoms with Crippen LogP contribution in [-0.2, 0) is 4.74 Å². The molecule has 0 aromatic carbocycles. The summed E-state index contributed by atoms with van der Waals surface area (Å²) in [5.74, 6) is 0.492. The Kier molecular flexibility index (Phi) is 3.84. The lowest BCUT2D eigenvalue weighted by atomic mass is 10.2. The van der Waals surface area contributed by atoms with Gasteiger partial charge in [-0.15, -0.1) is 0 Å². The summed E-state index contributed by atoms with van der Waals surface area (Å²) in [6, 6.07) is 0. The minimum atomic E-state index is -0.413. The largest absolute Gasteiger partial charge is 0.491 e. The Bertz CT molecular complexity index is 348. The summed E-state index contributed by atoms with van der Waals surface area (Å²) in [6.45, 7) is 5.50. The monoisotopic (exact) mass is 195 g/mol. The Balaban J connectivity index is 2.86. The zero-order chi connectivity index (χ0) is 10.4. The zero-order valence-electron chi connectivity index (χ0n) is 8.06. The first-order valence-corrected chi connectivity index (χ1v) is 4.45. The molecule has 76 valence electrons. The maximum atomic E-state index is 10.9. The van der Waals surface area contributed by atoms with E-state index >= 15 is 0 Å². The average Bonchev–Trinajstić information content (AvgIpc) is 2.17. The number of rotatable bonds is 5. The molecule has 0 saturated heterocycles. The molecule has 0 radical (unpaired) electrons. The number of H-pyrrole nitrogens is 1. The van der Waals surface area contributed by atoms with Crippen molar-refractivity contribution in [1.29, 1.82) is 0 Å².